The molecule has 2 aromatic carbocycles. The quantitative estimate of drug-likeness (QED) is 0.722. The highest BCUT2D eigenvalue weighted by Gasteiger charge is 2.16. The Kier molecular flexibility index (Phi) is 2.86. The van der Waals surface area contributed by atoms with E-state index in [-0.39, 0.29) is 5.78 Å². The molecular weight excluding hydrogens is 240 g/mol. The number of benzene rings is 2. The lowest BCUT2D eigenvalue weighted by molar-refractivity contribution is 0.103. The Morgan fingerprint density at radius 1 is 0.947 bits per heavy atom. The molecule has 0 amide bonds. The molecule has 1 aromatic heterocycles. The van der Waals surface area contributed by atoms with Crippen LogP contribution in [0, 0.1) is 0 Å². The van der Waals surface area contributed by atoms with Gasteiger partial charge in [-0.2, -0.15) is 5.21 Å². The molecule has 0 aliphatic rings. The number of hydrogen-bond donors (Lipinski definition) is 1. The number of carbonyl (C=O) groups excluding carboxylic acids is 1. The average Bonchev–Trinajstić information content (AvgIpc) is 3.01. The van der Waals surface area contributed by atoms with Crippen LogP contribution in [0.5, 0.6) is 0 Å². The molecule has 1 N–H and O–H groups in total. The van der Waals surface area contributed by atoms with Crippen molar-refractivity contribution >= 4 is 5.78 Å². The Morgan fingerprint density at radius 3 is 2.42 bits per heavy atom. The van der Waals surface area contributed by atoms with E-state index in [1.807, 2.05) is 30.3 Å². The molecule has 0 aliphatic heterocycles. The summed E-state index contributed by atoms with van der Waals surface area (Å²) in [6.07, 6.45) is 0. The predicted octanol–water partition coefficient (Wildman–Crippen LogP) is 2.10. The van der Waals surface area contributed by atoms with Crippen molar-refractivity contribution in [3.63, 3.8) is 0 Å². The van der Waals surface area contributed by atoms with Gasteiger partial charge >= 0.3 is 0 Å². The summed E-state index contributed by atoms with van der Waals surface area (Å²) in [5.41, 5.74) is 1.87. The van der Waals surface area contributed by atoms with Crippen molar-refractivity contribution < 1.29 is 4.79 Å². The highest BCUT2D eigenvalue weighted by Crippen LogP contribution is 2.21. The monoisotopic (exact) mass is 250 g/mol. The molecule has 0 spiro atoms. The van der Waals surface area contributed by atoms with Crippen molar-refractivity contribution in [2.75, 3.05) is 0 Å². The van der Waals surface area contributed by atoms with Gasteiger partial charge in [-0.05, 0) is 5.21 Å². The summed E-state index contributed by atoms with van der Waals surface area (Å²) >= 11 is 0. The number of aromatic nitrogens is 4. The maximum atomic E-state index is 12.5. The van der Waals surface area contributed by atoms with Gasteiger partial charge in [-0.3, -0.25) is 4.79 Å². The van der Waals surface area contributed by atoms with E-state index in [0.717, 1.165) is 0 Å². The summed E-state index contributed by atoms with van der Waals surface area (Å²) in [5, 5.41) is 13.8. The lowest BCUT2D eigenvalue weighted by atomic mass is 9.98. The molecule has 1 heterocycles. The van der Waals surface area contributed by atoms with Crippen LogP contribution in [0.1, 0.15) is 15.9 Å². The van der Waals surface area contributed by atoms with Crippen LogP contribution in [-0.4, -0.2) is 26.4 Å². The number of nitrogens with one attached hydrogen (secondary N) is 1. The summed E-state index contributed by atoms with van der Waals surface area (Å²) in [7, 11) is 0. The largest absolute Gasteiger partial charge is 0.289 e. The van der Waals surface area contributed by atoms with Crippen LogP contribution in [0.25, 0.3) is 11.4 Å². The van der Waals surface area contributed by atoms with Gasteiger partial charge in [-0.1, -0.05) is 54.6 Å². The van der Waals surface area contributed by atoms with E-state index in [2.05, 4.69) is 20.6 Å². The van der Waals surface area contributed by atoms with E-state index < -0.39 is 0 Å². The molecule has 3 aromatic rings. The normalized spacial score (nSPS) is 10.3. The van der Waals surface area contributed by atoms with Crippen molar-refractivity contribution in [3.8, 4) is 11.4 Å². The zero-order chi connectivity index (χ0) is 13.1. The van der Waals surface area contributed by atoms with Crippen molar-refractivity contribution in [3.05, 3.63) is 65.7 Å². The lowest BCUT2D eigenvalue weighted by Gasteiger charge is -2.05. The van der Waals surface area contributed by atoms with Crippen LogP contribution in [0.3, 0.4) is 0 Å². The van der Waals surface area contributed by atoms with Crippen LogP contribution >= 0.6 is 0 Å². The van der Waals surface area contributed by atoms with E-state index in [0.29, 0.717) is 22.5 Å². The molecule has 0 radical (unpaired) electrons. The Bertz CT molecular complexity index is 692. The van der Waals surface area contributed by atoms with Crippen LogP contribution in [-0.2, 0) is 0 Å². The SMILES string of the molecule is O=C(c1ccccc1)c1ccccc1-c1nn[nH]n1. The number of carbonyl (C=O) groups is 1. The van der Waals surface area contributed by atoms with Gasteiger partial charge in [0.15, 0.2) is 5.78 Å². The maximum absolute atomic E-state index is 12.5. The number of hydrogen-bond acceptors (Lipinski definition) is 4. The molecule has 92 valence electrons. The minimum absolute atomic E-state index is 0.0546. The number of nitrogens with zero attached hydrogens (tertiary/aromatic N) is 3. The molecule has 0 unspecified atom stereocenters. The van der Waals surface area contributed by atoms with Gasteiger partial charge in [0.05, 0.1) is 0 Å². The highest BCUT2D eigenvalue weighted by atomic mass is 16.1. The van der Waals surface area contributed by atoms with E-state index in [4.69, 9.17) is 0 Å². The second-order valence-corrected chi connectivity index (χ2v) is 3.98. The maximum Gasteiger partial charge on any atom is 0.205 e. The van der Waals surface area contributed by atoms with E-state index in [1.165, 1.54) is 0 Å². The second-order valence-electron chi connectivity index (χ2n) is 3.98. The van der Waals surface area contributed by atoms with E-state index in [1.54, 1.807) is 24.3 Å². The summed E-state index contributed by atoms with van der Waals surface area (Å²) in [6, 6.07) is 16.4. The molecule has 0 bridgehead atoms. The molecule has 5 heteroatoms. The highest BCUT2D eigenvalue weighted by molar-refractivity contribution is 6.12. The van der Waals surface area contributed by atoms with Crippen LogP contribution in [0.4, 0.5) is 0 Å². The first-order valence-corrected chi connectivity index (χ1v) is 5.79. The molecule has 0 saturated heterocycles. The van der Waals surface area contributed by atoms with Gasteiger partial charge in [0.2, 0.25) is 5.82 Å². The number of tetrazole rings is 1. The van der Waals surface area contributed by atoms with Gasteiger partial charge in [-0.15, -0.1) is 10.2 Å². The smallest absolute Gasteiger partial charge is 0.205 e. The third kappa shape index (κ3) is 2.13. The molecule has 0 saturated carbocycles. The number of H-pyrrole nitrogens is 1. The first-order chi connectivity index (χ1) is 9.36. The molecule has 0 fully saturated rings. The average molecular weight is 250 g/mol. The van der Waals surface area contributed by atoms with Crippen molar-refractivity contribution in [2.45, 2.75) is 0 Å². The first-order valence-electron chi connectivity index (χ1n) is 5.79. The van der Waals surface area contributed by atoms with Crippen molar-refractivity contribution in [1.82, 2.24) is 20.6 Å². The number of ketones is 1. The number of rotatable bonds is 3. The molecule has 0 atom stereocenters. The molecule has 3 rings (SSSR count). The first kappa shape index (κ1) is 11.3. The van der Waals surface area contributed by atoms with Crippen LogP contribution in [0.15, 0.2) is 54.6 Å². The Hall–Kier alpha value is -2.82. The zero-order valence-corrected chi connectivity index (χ0v) is 9.95. The molecule has 0 aliphatic carbocycles. The van der Waals surface area contributed by atoms with Gasteiger partial charge in [0.25, 0.3) is 0 Å². The Morgan fingerprint density at radius 2 is 1.68 bits per heavy atom. The molecular formula is C14H10N4O. The summed E-state index contributed by atoms with van der Waals surface area (Å²) in [6.45, 7) is 0. The standard InChI is InChI=1S/C14H10N4O/c19-13(10-6-2-1-3-7-10)11-8-4-5-9-12(11)14-15-17-18-16-14/h1-9H,(H,15,16,17,18). The van der Waals surface area contributed by atoms with Crippen molar-refractivity contribution in [1.29, 1.82) is 0 Å². The minimum Gasteiger partial charge on any atom is -0.289 e. The second kappa shape index (κ2) is 4.81. The fourth-order valence-electron chi connectivity index (χ4n) is 1.90. The fourth-order valence-corrected chi connectivity index (χ4v) is 1.90. The van der Waals surface area contributed by atoms with Gasteiger partial charge in [0, 0.05) is 16.7 Å². The zero-order valence-electron chi connectivity index (χ0n) is 9.95. The summed E-state index contributed by atoms with van der Waals surface area (Å²) in [4.78, 5) is 12.5. The summed E-state index contributed by atoms with van der Waals surface area (Å²) in [5.74, 6) is 0.362. The third-order valence-corrected chi connectivity index (χ3v) is 2.79. The lowest BCUT2D eigenvalue weighted by Crippen LogP contribution is -2.03. The predicted molar refractivity (Wildman–Crippen MR) is 69.5 cm³/mol. The van der Waals surface area contributed by atoms with Gasteiger partial charge < -0.3 is 0 Å². The van der Waals surface area contributed by atoms with E-state index >= 15 is 0 Å². The fraction of sp³-hybridized carbons (Fsp3) is 0. The van der Waals surface area contributed by atoms with Gasteiger partial charge in [0.1, 0.15) is 0 Å². The van der Waals surface area contributed by atoms with Crippen LogP contribution < -0.4 is 0 Å². The molecule has 19 heavy (non-hydrogen) atoms. The summed E-state index contributed by atoms with van der Waals surface area (Å²) < 4.78 is 0. The van der Waals surface area contributed by atoms with Crippen molar-refractivity contribution in [2.24, 2.45) is 0 Å². The van der Waals surface area contributed by atoms with Crippen LogP contribution in [0.2, 0.25) is 0 Å². The third-order valence-electron chi connectivity index (χ3n) is 2.79. The Balaban J connectivity index is 2.09. The van der Waals surface area contributed by atoms with E-state index in [9.17, 15) is 4.79 Å². The molecule has 5 nitrogen and oxygen atoms in total. The van der Waals surface area contributed by atoms with Gasteiger partial charge in [-0.25, -0.2) is 0 Å². The Labute approximate surface area is 109 Å². The minimum atomic E-state index is -0.0546. The number of aromatic amines is 1. The topological polar surface area (TPSA) is 71.5 Å².